The first kappa shape index (κ1) is 19.2. The molecule has 3 amide bonds. The van der Waals surface area contributed by atoms with Gasteiger partial charge in [0.05, 0.1) is 31.6 Å². The lowest BCUT2D eigenvalue weighted by molar-refractivity contribution is -0.138. The Labute approximate surface area is 158 Å². The van der Waals surface area contributed by atoms with E-state index in [1.54, 1.807) is 6.92 Å². The van der Waals surface area contributed by atoms with Gasteiger partial charge in [-0.3, -0.25) is 14.3 Å². The third-order valence-corrected chi connectivity index (χ3v) is 5.19. The molecular weight excluding hydrogens is 350 g/mol. The normalized spacial score (nSPS) is 17.9. The summed E-state index contributed by atoms with van der Waals surface area (Å²) in [5.41, 5.74) is 1.73. The summed E-state index contributed by atoms with van der Waals surface area (Å²) in [6, 6.07) is 1.24. The zero-order chi connectivity index (χ0) is 19.4. The number of carbonyl (C=O) groups excluding carboxylic acids is 3. The van der Waals surface area contributed by atoms with Crippen molar-refractivity contribution in [2.45, 2.75) is 58.3 Å². The molecule has 0 aromatic carbocycles. The van der Waals surface area contributed by atoms with E-state index in [2.05, 4.69) is 20.5 Å². The smallest absolute Gasteiger partial charge is 0.407 e. The van der Waals surface area contributed by atoms with Gasteiger partial charge in [0.15, 0.2) is 0 Å². The summed E-state index contributed by atoms with van der Waals surface area (Å²) in [4.78, 5) is 37.7. The lowest BCUT2D eigenvalue weighted by Gasteiger charge is -2.30. The largest absolute Gasteiger partial charge is 0.453 e. The highest BCUT2D eigenvalue weighted by Gasteiger charge is 2.30. The first-order valence-corrected chi connectivity index (χ1v) is 9.44. The Bertz CT molecular complexity index is 713. The Balaban J connectivity index is 1.56. The van der Waals surface area contributed by atoms with Crippen LogP contribution < -0.4 is 10.6 Å². The number of rotatable bonds is 5. The average Bonchev–Trinajstić information content (AvgIpc) is 2.87. The number of aryl methyl sites for hydroxylation is 1. The van der Waals surface area contributed by atoms with E-state index in [0.29, 0.717) is 6.54 Å². The molecule has 1 aliphatic carbocycles. The highest BCUT2D eigenvalue weighted by Crippen LogP contribution is 2.29. The second kappa shape index (κ2) is 8.41. The van der Waals surface area contributed by atoms with Crippen LogP contribution in [0.25, 0.3) is 0 Å². The van der Waals surface area contributed by atoms with Crippen LogP contribution in [0.15, 0.2) is 6.07 Å². The maximum atomic E-state index is 12.5. The van der Waals surface area contributed by atoms with Crippen LogP contribution >= 0.6 is 0 Å². The topological polar surface area (TPSA) is 106 Å². The Morgan fingerprint density at radius 1 is 1.30 bits per heavy atom. The van der Waals surface area contributed by atoms with Crippen molar-refractivity contribution >= 4 is 17.9 Å². The minimum Gasteiger partial charge on any atom is -0.453 e. The van der Waals surface area contributed by atoms with Crippen LogP contribution in [0.4, 0.5) is 4.79 Å². The van der Waals surface area contributed by atoms with Gasteiger partial charge < -0.3 is 20.3 Å². The fourth-order valence-corrected chi connectivity index (χ4v) is 3.34. The van der Waals surface area contributed by atoms with E-state index < -0.39 is 12.1 Å². The van der Waals surface area contributed by atoms with Gasteiger partial charge in [-0.1, -0.05) is 6.42 Å². The molecule has 2 heterocycles. The monoisotopic (exact) mass is 377 g/mol. The summed E-state index contributed by atoms with van der Waals surface area (Å²) in [5, 5.41) is 9.72. The van der Waals surface area contributed by atoms with Gasteiger partial charge in [0, 0.05) is 19.0 Å². The van der Waals surface area contributed by atoms with Crippen molar-refractivity contribution in [2.75, 3.05) is 13.7 Å². The second-order valence-electron chi connectivity index (χ2n) is 7.17. The zero-order valence-electron chi connectivity index (χ0n) is 15.9. The van der Waals surface area contributed by atoms with E-state index in [1.165, 1.54) is 7.11 Å². The first-order chi connectivity index (χ1) is 13.0. The summed E-state index contributed by atoms with van der Waals surface area (Å²) in [7, 11) is 1.25. The number of amides is 3. The number of methoxy groups -OCH3 is 1. The molecule has 9 nitrogen and oxygen atoms in total. The molecule has 148 valence electrons. The van der Waals surface area contributed by atoms with Crippen molar-refractivity contribution in [2.24, 2.45) is 5.92 Å². The molecule has 1 atom stereocenters. The molecule has 1 aromatic heterocycles. The second-order valence-corrected chi connectivity index (χ2v) is 7.17. The Morgan fingerprint density at radius 2 is 2.07 bits per heavy atom. The van der Waals surface area contributed by atoms with Crippen molar-refractivity contribution in [1.82, 2.24) is 25.3 Å². The number of hydrogen-bond acceptors (Lipinski definition) is 5. The van der Waals surface area contributed by atoms with Crippen LogP contribution in [0.5, 0.6) is 0 Å². The third-order valence-electron chi connectivity index (χ3n) is 5.19. The predicted molar refractivity (Wildman–Crippen MR) is 96.5 cm³/mol. The van der Waals surface area contributed by atoms with Gasteiger partial charge in [-0.2, -0.15) is 5.10 Å². The summed E-state index contributed by atoms with van der Waals surface area (Å²) in [6.45, 7) is 3.94. The number of alkyl carbamates (subject to hydrolysis) is 1. The predicted octanol–water partition coefficient (Wildman–Crippen LogP) is 0.776. The van der Waals surface area contributed by atoms with Crippen LogP contribution in [-0.2, 0) is 34.0 Å². The van der Waals surface area contributed by atoms with Gasteiger partial charge in [0.25, 0.3) is 0 Å². The van der Waals surface area contributed by atoms with Crippen molar-refractivity contribution in [3.8, 4) is 0 Å². The van der Waals surface area contributed by atoms with Gasteiger partial charge in [0.1, 0.15) is 6.04 Å². The molecule has 3 rings (SSSR count). The SMILES string of the molecule is COC(=O)N[C@H](C)C(=O)NCc1cc2n(n1)CCCN(C(=O)C1CCC1)C2. The summed E-state index contributed by atoms with van der Waals surface area (Å²) >= 11 is 0. The molecule has 1 fully saturated rings. The molecule has 1 aliphatic heterocycles. The number of fused-ring (bicyclic) bond motifs is 1. The Hall–Kier alpha value is -2.58. The number of nitrogens with one attached hydrogen (secondary N) is 2. The van der Waals surface area contributed by atoms with Crippen LogP contribution in [0.2, 0.25) is 0 Å². The van der Waals surface area contributed by atoms with Crippen LogP contribution in [0.3, 0.4) is 0 Å². The maximum Gasteiger partial charge on any atom is 0.407 e. The number of aromatic nitrogens is 2. The Kier molecular flexibility index (Phi) is 5.98. The standard InChI is InChI=1S/C18H27N5O4/c1-12(20-18(26)27-2)16(24)19-10-14-9-15-11-22(7-4-8-23(15)21-14)17(25)13-5-3-6-13/h9,12-13H,3-8,10-11H2,1-2H3,(H,19,24)(H,20,26)/t12-/m1/s1. The fourth-order valence-electron chi connectivity index (χ4n) is 3.34. The van der Waals surface area contributed by atoms with Gasteiger partial charge in [-0.15, -0.1) is 0 Å². The molecule has 0 bridgehead atoms. The molecule has 2 N–H and O–H groups in total. The molecule has 0 spiro atoms. The highest BCUT2D eigenvalue weighted by atomic mass is 16.5. The number of hydrogen-bond donors (Lipinski definition) is 2. The molecule has 2 aliphatic rings. The Morgan fingerprint density at radius 3 is 2.74 bits per heavy atom. The molecule has 9 heteroatoms. The van der Waals surface area contributed by atoms with E-state index in [9.17, 15) is 14.4 Å². The van der Waals surface area contributed by atoms with Crippen molar-refractivity contribution in [3.63, 3.8) is 0 Å². The number of carbonyl (C=O) groups is 3. The summed E-state index contributed by atoms with van der Waals surface area (Å²) in [6.07, 6.45) is 3.38. The van der Waals surface area contributed by atoms with Crippen molar-refractivity contribution in [1.29, 1.82) is 0 Å². The van der Waals surface area contributed by atoms with E-state index >= 15 is 0 Å². The number of ether oxygens (including phenoxy) is 1. The zero-order valence-corrected chi connectivity index (χ0v) is 15.9. The average molecular weight is 377 g/mol. The molecule has 1 saturated carbocycles. The van der Waals surface area contributed by atoms with Crippen LogP contribution in [0.1, 0.15) is 44.0 Å². The minimum absolute atomic E-state index is 0.196. The fraction of sp³-hybridized carbons (Fsp3) is 0.667. The van der Waals surface area contributed by atoms with Crippen molar-refractivity contribution < 1.29 is 19.1 Å². The quantitative estimate of drug-likeness (QED) is 0.789. The van der Waals surface area contributed by atoms with Crippen LogP contribution in [-0.4, -0.2) is 52.3 Å². The highest BCUT2D eigenvalue weighted by molar-refractivity contribution is 5.85. The molecule has 0 unspecified atom stereocenters. The lowest BCUT2D eigenvalue weighted by Crippen LogP contribution is -2.44. The van der Waals surface area contributed by atoms with E-state index in [0.717, 1.165) is 50.2 Å². The molecule has 27 heavy (non-hydrogen) atoms. The summed E-state index contributed by atoms with van der Waals surface area (Å²) in [5.74, 6) is 0.140. The van der Waals surface area contributed by atoms with E-state index in [4.69, 9.17) is 0 Å². The number of nitrogens with zero attached hydrogens (tertiary/aromatic N) is 3. The third kappa shape index (κ3) is 4.58. The first-order valence-electron chi connectivity index (χ1n) is 9.44. The minimum atomic E-state index is -0.700. The van der Waals surface area contributed by atoms with E-state index in [-0.39, 0.29) is 24.3 Å². The van der Waals surface area contributed by atoms with Gasteiger partial charge in [-0.05, 0) is 32.3 Å². The maximum absolute atomic E-state index is 12.5. The van der Waals surface area contributed by atoms with Crippen molar-refractivity contribution in [3.05, 3.63) is 17.5 Å². The lowest BCUT2D eigenvalue weighted by atomic mass is 9.84. The van der Waals surface area contributed by atoms with E-state index in [1.807, 2.05) is 15.6 Å². The molecule has 1 aromatic rings. The van der Waals surface area contributed by atoms with Crippen LogP contribution in [0, 0.1) is 5.92 Å². The molecule has 0 radical (unpaired) electrons. The van der Waals surface area contributed by atoms with Gasteiger partial charge in [-0.25, -0.2) is 4.79 Å². The molecular formula is C18H27N5O4. The van der Waals surface area contributed by atoms with Gasteiger partial charge >= 0.3 is 6.09 Å². The summed E-state index contributed by atoms with van der Waals surface area (Å²) < 4.78 is 6.40. The molecule has 0 saturated heterocycles. The van der Waals surface area contributed by atoms with Gasteiger partial charge in [0.2, 0.25) is 11.8 Å².